The van der Waals surface area contributed by atoms with Crippen LogP contribution >= 0.6 is 0 Å². The van der Waals surface area contributed by atoms with Crippen molar-refractivity contribution >= 4 is 27.7 Å². The number of rotatable bonds is 2. The second kappa shape index (κ2) is 6.95. The van der Waals surface area contributed by atoms with E-state index >= 15 is 0 Å². The third kappa shape index (κ3) is 3.07. The van der Waals surface area contributed by atoms with Crippen molar-refractivity contribution in [3.05, 3.63) is 75.2 Å². The van der Waals surface area contributed by atoms with E-state index in [2.05, 4.69) is 15.0 Å². The Morgan fingerprint density at radius 3 is 2.65 bits per heavy atom. The number of ether oxygens (including phenoxy) is 1. The maximum absolute atomic E-state index is 14.0. The molecule has 10 heteroatoms. The first-order chi connectivity index (χ1) is 14.8. The van der Waals surface area contributed by atoms with Gasteiger partial charge in [-0.1, -0.05) is 0 Å². The van der Waals surface area contributed by atoms with Crippen molar-refractivity contribution in [2.24, 2.45) is 0 Å². The zero-order valence-corrected chi connectivity index (χ0v) is 16.1. The first-order valence-corrected chi connectivity index (χ1v) is 9.36. The summed E-state index contributed by atoms with van der Waals surface area (Å²) in [7, 11) is 1.53. The lowest BCUT2D eigenvalue weighted by Crippen LogP contribution is -2.37. The molecule has 0 aliphatic carbocycles. The van der Waals surface area contributed by atoms with Crippen molar-refractivity contribution in [1.29, 1.82) is 0 Å². The van der Waals surface area contributed by atoms with Gasteiger partial charge in [-0.2, -0.15) is 0 Å². The number of H-pyrrole nitrogens is 2. The van der Waals surface area contributed by atoms with Crippen molar-refractivity contribution in [3.8, 4) is 0 Å². The average Bonchev–Trinajstić information content (AvgIpc) is 3.17. The minimum atomic E-state index is -1.14. The van der Waals surface area contributed by atoms with Crippen LogP contribution in [0, 0.1) is 17.5 Å². The fraction of sp³-hybridized carbons (Fsp3) is 0.190. The summed E-state index contributed by atoms with van der Waals surface area (Å²) in [4.78, 5) is 36.3. The van der Waals surface area contributed by atoms with Gasteiger partial charge in [0.2, 0.25) is 0 Å². The van der Waals surface area contributed by atoms with Gasteiger partial charge in [-0.25, -0.2) is 18.2 Å². The molecule has 7 nitrogen and oxygen atoms in total. The Labute approximate surface area is 172 Å². The maximum Gasteiger partial charge on any atom is 0.270 e. The number of aromatic amines is 2. The Balaban J connectivity index is 1.61. The average molecular weight is 428 g/mol. The Kier molecular flexibility index (Phi) is 4.33. The summed E-state index contributed by atoms with van der Waals surface area (Å²) < 4.78 is 46.7. The molecule has 0 bridgehead atoms. The van der Waals surface area contributed by atoms with E-state index in [9.17, 15) is 22.8 Å². The highest BCUT2D eigenvalue weighted by Crippen LogP contribution is 2.34. The largest absolute Gasteiger partial charge is 0.373 e. The van der Waals surface area contributed by atoms with Crippen molar-refractivity contribution < 1.29 is 22.7 Å². The highest BCUT2D eigenvalue weighted by Gasteiger charge is 2.32. The summed E-state index contributed by atoms with van der Waals surface area (Å²) in [5.74, 6) is -3.20. The lowest BCUT2D eigenvalue weighted by Gasteiger charge is -2.33. The molecule has 1 aliphatic heterocycles. The molecule has 1 aromatic carbocycles. The third-order valence-corrected chi connectivity index (χ3v) is 5.50. The number of halogens is 3. The van der Waals surface area contributed by atoms with Gasteiger partial charge in [-0.05, 0) is 29.7 Å². The SMILES string of the molecule is CN(C(=O)c1cc2cc(F)cnc2[nH]1)C1COCc2[nH]c(=O)c3cc(F)c(F)cc3c21. The van der Waals surface area contributed by atoms with E-state index in [1.54, 1.807) is 0 Å². The van der Waals surface area contributed by atoms with E-state index in [0.717, 1.165) is 18.3 Å². The minimum absolute atomic E-state index is 0.0179. The van der Waals surface area contributed by atoms with E-state index in [-0.39, 0.29) is 29.7 Å². The van der Waals surface area contributed by atoms with E-state index in [1.807, 2.05) is 0 Å². The molecular weight excluding hydrogens is 413 g/mol. The van der Waals surface area contributed by atoms with Crippen LogP contribution in [0.15, 0.2) is 35.3 Å². The molecule has 4 heterocycles. The van der Waals surface area contributed by atoms with Crippen LogP contribution in [-0.2, 0) is 11.3 Å². The number of nitrogens with one attached hydrogen (secondary N) is 2. The van der Waals surface area contributed by atoms with E-state index in [1.165, 1.54) is 24.1 Å². The summed E-state index contributed by atoms with van der Waals surface area (Å²) in [6, 6.07) is 3.86. The van der Waals surface area contributed by atoms with Crippen molar-refractivity contribution in [3.63, 3.8) is 0 Å². The fourth-order valence-electron chi connectivity index (χ4n) is 3.98. The highest BCUT2D eigenvalue weighted by molar-refractivity contribution is 5.98. The Hall–Kier alpha value is -3.66. The first kappa shape index (κ1) is 19.3. The molecule has 4 aromatic rings. The molecular formula is C21H15F3N4O3. The normalized spacial score (nSPS) is 15.9. The molecule has 1 unspecified atom stereocenters. The zero-order valence-electron chi connectivity index (χ0n) is 16.1. The molecule has 158 valence electrons. The van der Waals surface area contributed by atoms with Gasteiger partial charge in [-0.3, -0.25) is 9.59 Å². The van der Waals surface area contributed by atoms with E-state index < -0.39 is 35.0 Å². The van der Waals surface area contributed by atoms with Gasteiger partial charge in [0.15, 0.2) is 11.6 Å². The molecule has 31 heavy (non-hydrogen) atoms. The van der Waals surface area contributed by atoms with Crippen molar-refractivity contribution in [2.75, 3.05) is 13.7 Å². The van der Waals surface area contributed by atoms with E-state index in [0.29, 0.717) is 22.3 Å². The molecule has 0 saturated carbocycles. The number of carbonyl (C=O) groups excluding carboxylic acids is 1. The van der Waals surface area contributed by atoms with Gasteiger partial charge in [0, 0.05) is 23.7 Å². The number of hydrogen-bond acceptors (Lipinski definition) is 4. The lowest BCUT2D eigenvalue weighted by molar-refractivity contribution is 0.0333. The minimum Gasteiger partial charge on any atom is -0.373 e. The summed E-state index contributed by atoms with van der Waals surface area (Å²) in [5, 5.41) is 0.631. The Bertz CT molecular complexity index is 1430. The van der Waals surface area contributed by atoms with Gasteiger partial charge in [0.05, 0.1) is 30.8 Å². The summed E-state index contributed by atoms with van der Waals surface area (Å²) in [5.41, 5.74) is 0.824. The van der Waals surface area contributed by atoms with Gasteiger partial charge in [0.25, 0.3) is 11.5 Å². The maximum atomic E-state index is 14.0. The molecule has 0 fully saturated rings. The quantitative estimate of drug-likeness (QED) is 0.513. The van der Waals surface area contributed by atoms with Crippen LogP contribution in [0.3, 0.4) is 0 Å². The molecule has 0 saturated heterocycles. The molecule has 1 amide bonds. The van der Waals surface area contributed by atoms with Crippen LogP contribution in [0.2, 0.25) is 0 Å². The zero-order chi connectivity index (χ0) is 21.9. The summed E-state index contributed by atoms with van der Waals surface area (Å²) in [6.45, 7) is 0.149. The number of hydrogen-bond donors (Lipinski definition) is 2. The predicted molar refractivity (Wildman–Crippen MR) is 105 cm³/mol. The molecule has 1 atom stereocenters. The van der Waals surface area contributed by atoms with Crippen molar-refractivity contribution in [1.82, 2.24) is 19.9 Å². The summed E-state index contributed by atoms with van der Waals surface area (Å²) >= 11 is 0. The van der Waals surface area contributed by atoms with Crippen LogP contribution < -0.4 is 5.56 Å². The molecule has 0 radical (unpaired) electrons. The summed E-state index contributed by atoms with van der Waals surface area (Å²) in [6.07, 6.45) is 1.04. The second-order valence-corrected chi connectivity index (χ2v) is 7.38. The van der Waals surface area contributed by atoms with Gasteiger partial charge in [0.1, 0.15) is 17.2 Å². The number of pyridine rings is 2. The third-order valence-electron chi connectivity index (χ3n) is 5.50. The monoisotopic (exact) mass is 428 g/mol. The van der Waals surface area contributed by atoms with Crippen LogP contribution in [-0.4, -0.2) is 39.4 Å². The number of amides is 1. The smallest absolute Gasteiger partial charge is 0.270 e. The number of fused-ring (bicyclic) bond motifs is 4. The molecule has 5 rings (SSSR count). The topological polar surface area (TPSA) is 91.1 Å². The Morgan fingerprint density at radius 2 is 1.87 bits per heavy atom. The van der Waals surface area contributed by atoms with Crippen LogP contribution in [0.5, 0.6) is 0 Å². The van der Waals surface area contributed by atoms with Crippen LogP contribution in [0.1, 0.15) is 27.8 Å². The number of benzene rings is 1. The van der Waals surface area contributed by atoms with Crippen molar-refractivity contribution in [2.45, 2.75) is 12.6 Å². The van der Waals surface area contributed by atoms with Crippen LogP contribution in [0.25, 0.3) is 21.8 Å². The second-order valence-electron chi connectivity index (χ2n) is 7.38. The fourth-order valence-corrected chi connectivity index (χ4v) is 3.98. The van der Waals surface area contributed by atoms with Gasteiger partial charge in [-0.15, -0.1) is 0 Å². The number of likely N-dealkylation sites (N-methyl/N-ethyl adjacent to an activating group) is 1. The molecule has 0 spiro atoms. The van der Waals surface area contributed by atoms with Gasteiger partial charge < -0.3 is 19.6 Å². The standard InChI is InChI=1S/C21H15F3N4O3/c1-28(21(30)15-3-9-2-10(22)6-25-19(9)26-15)17-8-31-7-16-18(17)11-4-13(23)14(24)5-12(11)20(29)27-16/h2-6,17H,7-8H2,1H3,(H,25,26)(H,27,29). The van der Waals surface area contributed by atoms with E-state index in [4.69, 9.17) is 4.74 Å². The lowest BCUT2D eigenvalue weighted by atomic mass is 9.95. The number of carbonyl (C=O) groups is 1. The molecule has 2 N–H and O–H groups in total. The van der Waals surface area contributed by atoms with Gasteiger partial charge >= 0.3 is 0 Å². The highest BCUT2D eigenvalue weighted by atomic mass is 19.2. The number of nitrogens with zero attached hydrogens (tertiary/aromatic N) is 2. The molecule has 1 aliphatic rings. The Morgan fingerprint density at radius 1 is 1.13 bits per heavy atom. The number of aromatic nitrogens is 3. The predicted octanol–water partition coefficient (Wildman–Crippen LogP) is 3.17. The van der Waals surface area contributed by atoms with Crippen LogP contribution in [0.4, 0.5) is 13.2 Å². The molecule has 3 aromatic heterocycles. The first-order valence-electron chi connectivity index (χ1n) is 9.36.